The van der Waals surface area contributed by atoms with E-state index in [4.69, 9.17) is 10.00 Å². The van der Waals surface area contributed by atoms with E-state index < -0.39 is 0 Å². The normalized spacial score (nSPS) is 10.2. The monoisotopic (exact) mass is 306 g/mol. The first-order chi connectivity index (χ1) is 10.7. The second kappa shape index (κ2) is 6.42. The molecule has 0 spiro atoms. The van der Waals surface area contributed by atoms with E-state index in [0.29, 0.717) is 12.2 Å². The zero-order valence-corrected chi connectivity index (χ0v) is 12.9. The summed E-state index contributed by atoms with van der Waals surface area (Å²) in [6, 6.07) is 17.5. The van der Waals surface area contributed by atoms with Gasteiger partial charge in [0.25, 0.3) is 0 Å². The summed E-state index contributed by atoms with van der Waals surface area (Å²) in [5.74, 6) is 0.740. The molecule has 0 atom stereocenters. The Morgan fingerprint density at radius 2 is 1.82 bits per heavy atom. The maximum atomic E-state index is 8.77. The predicted octanol–water partition coefficient (Wildman–Crippen LogP) is 4.57. The van der Waals surface area contributed by atoms with Crippen molar-refractivity contribution in [2.45, 2.75) is 13.5 Å². The van der Waals surface area contributed by atoms with Gasteiger partial charge in [0.2, 0.25) is 0 Å². The molecular formula is C18H14N2OS. The zero-order valence-electron chi connectivity index (χ0n) is 12.1. The van der Waals surface area contributed by atoms with Gasteiger partial charge in [-0.1, -0.05) is 29.8 Å². The second-order valence-corrected chi connectivity index (χ2v) is 5.79. The number of rotatable bonds is 4. The molecule has 0 saturated carbocycles. The Hall–Kier alpha value is -2.64. The molecule has 22 heavy (non-hydrogen) atoms. The van der Waals surface area contributed by atoms with Crippen molar-refractivity contribution in [2.24, 2.45) is 0 Å². The molecule has 0 bridgehead atoms. The van der Waals surface area contributed by atoms with Crippen LogP contribution in [0.2, 0.25) is 0 Å². The average Bonchev–Trinajstić information content (AvgIpc) is 3.03. The van der Waals surface area contributed by atoms with Gasteiger partial charge < -0.3 is 4.74 Å². The fourth-order valence-corrected chi connectivity index (χ4v) is 2.80. The third kappa shape index (κ3) is 3.33. The topological polar surface area (TPSA) is 45.9 Å². The molecule has 0 N–H and O–H groups in total. The van der Waals surface area contributed by atoms with E-state index in [0.717, 1.165) is 22.0 Å². The summed E-state index contributed by atoms with van der Waals surface area (Å²) in [5.41, 5.74) is 3.90. The van der Waals surface area contributed by atoms with Crippen LogP contribution in [0, 0.1) is 18.3 Å². The Kier molecular flexibility index (Phi) is 4.17. The van der Waals surface area contributed by atoms with Gasteiger partial charge in [-0.25, -0.2) is 4.98 Å². The highest BCUT2D eigenvalue weighted by Gasteiger charge is 2.05. The van der Waals surface area contributed by atoms with Crippen LogP contribution in [0.5, 0.6) is 5.75 Å². The lowest BCUT2D eigenvalue weighted by Gasteiger charge is -2.03. The first-order valence-electron chi connectivity index (χ1n) is 6.89. The van der Waals surface area contributed by atoms with Gasteiger partial charge in [0, 0.05) is 10.9 Å². The van der Waals surface area contributed by atoms with Crippen LogP contribution in [0.25, 0.3) is 10.6 Å². The fraction of sp³-hybridized carbons (Fsp3) is 0.111. The number of aryl methyl sites for hydroxylation is 1. The van der Waals surface area contributed by atoms with Crippen LogP contribution in [0.3, 0.4) is 0 Å². The van der Waals surface area contributed by atoms with Crippen molar-refractivity contribution >= 4 is 11.3 Å². The number of hydrogen-bond donors (Lipinski definition) is 0. The standard InChI is InChI=1S/C18H14N2OS/c1-13-2-6-15(7-3-13)18-20-16(12-22-18)11-21-17-8-4-14(10-19)5-9-17/h2-9,12H,11H2,1H3. The zero-order chi connectivity index (χ0) is 15.4. The Morgan fingerprint density at radius 1 is 1.09 bits per heavy atom. The molecule has 1 heterocycles. The molecule has 0 fully saturated rings. The third-order valence-corrected chi connectivity index (χ3v) is 4.16. The van der Waals surface area contributed by atoms with Gasteiger partial charge in [0.05, 0.1) is 17.3 Å². The lowest BCUT2D eigenvalue weighted by atomic mass is 10.2. The minimum atomic E-state index is 0.425. The number of nitrogens with zero attached hydrogens (tertiary/aromatic N) is 2. The van der Waals surface area contributed by atoms with Crippen LogP contribution in [0.4, 0.5) is 0 Å². The molecule has 0 unspecified atom stereocenters. The summed E-state index contributed by atoms with van der Waals surface area (Å²) in [6.07, 6.45) is 0. The summed E-state index contributed by atoms with van der Waals surface area (Å²) >= 11 is 1.62. The van der Waals surface area contributed by atoms with E-state index in [1.807, 2.05) is 5.38 Å². The van der Waals surface area contributed by atoms with Gasteiger partial charge in [-0.15, -0.1) is 11.3 Å². The quantitative estimate of drug-likeness (QED) is 0.709. The van der Waals surface area contributed by atoms with Gasteiger partial charge in [-0.2, -0.15) is 5.26 Å². The van der Waals surface area contributed by atoms with Crippen molar-refractivity contribution < 1.29 is 4.74 Å². The van der Waals surface area contributed by atoms with Crippen LogP contribution in [0.15, 0.2) is 53.9 Å². The third-order valence-electron chi connectivity index (χ3n) is 3.22. The van der Waals surface area contributed by atoms with Gasteiger partial charge in [-0.3, -0.25) is 0 Å². The molecule has 3 rings (SSSR count). The molecule has 0 aliphatic carbocycles. The van der Waals surface area contributed by atoms with Crippen molar-refractivity contribution in [3.8, 4) is 22.4 Å². The first kappa shape index (κ1) is 14.3. The highest BCUT2D eigenvalue weighted by Crippen LogP contribution is 2.24. The molecular weight excluding hydrogens is 292 g/mol. The largest absolute Gasteiger partial charge is 0.487 e. The predicted molar refractivity (Wildman–Crippen MR) is 87.8 cm³/mol. The molecule has 108 valence electrons. The maximum Gasteiger partial charge on any atom is 0.131 e. The number of thiazole rings is 1. The van der Waals surface area contributed by atoms with E-state index in [2.05, 4.69) is 42.2 Å². The number of nitriles is 1. The van der Waals surface area contributed by atoms with Crippen molar-refractivity contribution in [1.82, 2.24) is 4.98 Å². The van der Waals surface area contributed by atoms with Crippen molar-refractivity contribution in [3.05, 3.63) is 70.7 Å². The molecule has 4 heteroatoms. The summed E-state index contributed by atoms with van der Waals surface area (Å²) in [7, 11) is 0. The highest BCUT2D eigenvalue weighted by molar-refractivity contribution is 7.13. The Bertz CT molecular complexity index is 798. The van der Waals surface area contributed by atoms with Crippen molar-refractivity contribution in [1.29, 1.82) is 5.26 Å². The highest BCUT2D eigenvalue weighted by atomic mass is 32.1. The Labute approximate surface area is 133 Å². The molecule has 1 aromatic heterocycles. The molecule has 0 saturated heterocycles. The summed E-state index contributed by atoms with van der Waals surface area (Å²) < 4.78 is 5.69. The number of hydrogen-bond acceptors (Lipinski definition) is 4. The van der Waals surface area contributed by atoms with Crippen molar-refractivity contribution in [2.75, 3.05) is 0 Å². The number of benzene rings is 2. The van der Waals surface area contributed by atoms with Gasteiger partial charge in [0.15, 0.2) is 0 Å². The maximum absolute atomic E-state index is 8.77. The molecule has 0 amide bonds. The van der Waals surface area contributed by atoms with Crippen LogP contribution < -0.4 is 4.74 Å². The lowest BCUT2D eigenvalue weighted by Crippen LogP contribution is -1.95. The first-order valence-corrected chi connectivity index (χ1v) is 7.77. The summed E-state index contributed by atoms with van der Waals surface area (Å²) in [4.78, 5) is 4.60. The lowest BCUT2D eigenvalue weighted by molar-refractivity contribution is 0.302. The van der Waals surface area contributed by atoms with Gasteiger partial charge in [-0.05, 0) is 31.2 Å². The summed E-state index contributed by atoms with van der Waals surface area (Å²) in [6.45, 7) is 2.50. The van der Waals surface area contributed by atoms with E-state index in [1.54, 1.807) is 35.6 Å². The fourth-order valence-electron chi connectivity index (χ4n) is 1.98. The Morgan fingerprint density at radius 3 is 2.50 bits per heavy atom. The average molecular weight is 306 g/mol. The molecule has 0 radical (unpaired) electrons. The molecule has 2 aromatic carbocycles. The van der Waals surface area contributed by atoms with Crippen LogP contribution in [-0.4, -0.2) is 4.98 Å². The van der Waals surface area contributed by atoms with Gasteiger partial charge in [0.1, 0.15) is 17.4 Å². The van der Waals surface area contributed by atoms with Crippen molar-refractivity contribution in [3.63, 3.8) is 0 Å². The minimum Gasteiger partial charge on any atom is -0.487 e. The smallest absolute Gasteiger partial charge is 0.131 e. The molecule has 3 nitrogen and oxygen atoms in total. The van der Waals surface area contributed by atoms with E-state index in [1.165, 1.54) is 5.56 Å². The second-order valence-electron chi connectivity index (χ2n) is 4.93. The number of aromatic nitrogens is 1. The van der Waals surface area contributed by atoms with Crippen LogP contribution >= 0.6 is 11.3 Å². The molecule has 0 aliphatic rings. The minimum absolute atomic E-state index is 0.425. The SMILES string of the molecule is Cc1ccc(-c2nc(COc3ccc(C#N)cc3)cs2)cc1. The van der Waals surface area contributed by atoms with Gasteiger partial charge >= 0.3 is 0 Å². The molecule has 3 aromatic rings. The van der Waals surface area contributed by atoms with E-state index in [9.17, 15) is 0 Å². The molecule has 0 aliphatic heterocycles. The summed E-state index contributed by atoms with van der Waals surface area (Å²) in [5, 5.41) is 11.8. The van der Waals surface area contributed by atoms with E-state index in [-0.39, 0.29) is 0 Å². The van der Waals surface area contributed by atoms with Crippen LogP contribution in [0.1, 0.15) is 16.8 Å². The van der Waals surface area contributed by atoms with E-state index >= 15 is 0 Å². The van der Waals surface area contributed by atoms with Crippen LogP contribution in [-0.2, 0) is 6.61 Å². The number of ether oxygens (including phenoxy) is 1. The Balaban J connectivity index is 1.66.